The van der Waals surface area contributed by atoms with Crippen LogP contribution in [0.1, 0.15) is 36.8 Å². The molecule has 2 rings (SSSR count). The Morgan fingerprint density at radius 2 is 1.76 bits per heavy atom. The average Bonchev–Trinajstić information content (AvgIpc) is 2.66. The summed E-state index contributed by atoms with van der Waals surface area (Å²) in [5.41, 5.74) is 1.88. The number of rotatable bonds is 5. The van der Waals surface area contributed by atoms with Gasteiger partial charge in [-0.25, -0.2) is 13.1 Å². The van der Waals surface area contributed by atoms with Crippen LogP contribution in [0, 0.1) is 13.8 Å². The number of likely N-dealkylation sites (tertiary alicyclic amines) is 1. The van der Waals surface area contributed by atoms with E-state index in [2.05, 4.69) is 9.62 Å². The van der Waals surface area contributed by atoms with Crippen LogP contribution in [0.2, 0.25) is 0 Å². The van der Waals surface area contributed by atoms with Crippen molar-refractivity contribution in [3.8, 4) is 0 Å². The van der Waals surface area contributed by atoms with E-state index in [-0.39, 0.29) is 0 Å². The largest absolute Gasteiger partial charge is 0.302 e. The summed E-state index contributed by atoms with van der Waals surface area (Å²) >= 11 is 0. The molecule has 0 saturated carbocycles. The fourth-order valence-corrected chi connectivity index (χ4v) is 4.12. The first-order valence-electron chi connectivity index (χ1n) is 7.78. The second-order valence-electron chi connectivity index (χ2n) is 5.92. The molecule has 0 aromatic heterocycles. The SMILES string of the molecule is Cc1ccc(S(=O)(=O)NCCN2CCCCCC2)c(C)c1. The van der Waals surface area contributed by atoms with E-state index in [4.69, 9.17) is 0 Å². The Kier molecular flexibility index (Phi) is 5.79. The van der Waals surface area contributed by atoms with Crippen molar-refractivity contribution in [3.05, 3.63) is 29.3 Å². The van der Waals surface area contributed by atoms with Gasteiger partial charge in [0.2, 0.25) is 10.0 Å². The lowest BCUT2D eigenvalue weighted by atomic mass is 10.2. The van der Waals surface area contributed by atoms with Gasteiger partial charge < -0.3 is 4.90 Å². The van der Waals surface area contributed by atoms with E-state index in [1.54, 1.807) is 6.07 Å². The molecule has 0 radical (unpaired) electrons. The van der Waals surface area contributed by atoms with Gasteiger partial charge >= 0.3 is 0 Å². The number of hydrogen-bond acceptors (Lipinski definition) is 3. The summed E-state index contributed by atoms with van der Waals surface area (Å²) in [6.07, 6.45) is 5.04. The molecule has 1 aliphatic rings. The molecular weight excluding hydrogens is 284 g/mol. The maximum atomic E-state index is 12.3. The van der Waals surface area contributed by atoms with Crippen LogP contribution < -0.4 is 4.72 Å². The van der Waals surface area contributed by atoms with Crippen LogP contribution in [0.25, 0.3) is 0 Å². The summed E-state index contributed by atoms with van der Waals surface area (Å²) in [4.78, 5) is 2.75. The molecule has 0 bridgehead atoms. The number of nitrogens with one attached hydrogen (secondary N) is 1. The fraction of sp³-hybridized carbons (Fsp3) is 0.625. The molecule has 0 unspecified atom stereocenters. The molecule has 5 heteroatoms. The summed E-state index contributed by atoms with van der Waals surface area (Å²) in [7, 11) is -3.39. The van der Waals surface area contributed by atoms with Crippen LogP contribution in [-0.2, 0) is 10.0 Å². The third-order valence-electron chi connectivity index (χ3n) is 4.04. The maximum absolute atomic E-state index is 12.3. The quantitative estimate of drug-likeness (QED) is 0.909. The van der Waals surface area contributed by atoms with Crippen LogP contribution in [-0.4, -0.2) is 39.5 Å². The van der Waals surface area contributed by atoms with Crippen LogP contribution in [0.15, 0.2) is 23.1 Å². The van der Waals surface area contributed by atoms with Gasteiger partial charge in [-0.1, -0.05) is 30.5 Å². The molecule has 4 nitrogen and oxygen atoms in total. The van der Waals surface area contributed by atoms with Crippen molar-refractivity contribution in [2.24, 2.45) is 0 Å². The molecule has 0 amide bonds. The smallest absolute Gasteiger partial charge is 0.240 e. The van der Waals surface area contributed by atoms with Crippen LogP contribution in [0.5, 0.6) is 0 Å². The van der Waals surface area contributed by atoms with E-state index < -0.39 is 10.0 Å². The van der Waals surface area contributed by atoms with Gasteiger partial charge in [0.15, 0.2) is 0 Å². The number of sulfonamides is 1. The molecule has 0 aliphatic carbocycles. The number of aryl methyl sites for hydroxylation is 2. The van der Waals surface area contributed by atoms with Crippen molar-refractivity contribution in [1.29, 1.82) is 0 Å². The molecule has 1 aromatic carbocycles. The van der Waals surface area contributed by atoms with Gasteiger partial charge in [-0.3, -0.25) is 0 Å². The van der Waals surface area contributed by atoms with E-state index in [0.29, 0.717) is 11.4 Å². The van der Waals surface area contributed by atoms with Crippen LogP contribution >= 0.6 is 0 Å². The highest BCUT2D eigenvalue weighted by Gasteiger charge is 2.17. The minimum absolute atomic E-state index is 0.393. The molecule has 0 atom stereocenters. The van der Waals surface area contributed by atoms with Gasteiger partial charge in [-0.05, 0) is 51.4 Å². The monoisotopic (exact) mass is 310 g/mol. The number of benzene rings is 1. The molecule has 1 heterocycles. The zero-order chi connectivity index (χ0) is 15.3. The Morgan fingerprint density at radius 1 is 1.10 bits per heavy atom. The van der Waals surface area contributed by atoms with E-state index in [0.717, 1.165) is 30.8 Å². The Bertz CT molecular complexity index is 562. The summed E-state index contributed by atoms with van der Waals surface area (Å²) in [6.45, 7) is 7.27. The predicted octanol–water partition coefficient (Wildman–Crippen LogP) is 2.46. The average molecular weight is 310 g/mol. The molecule has 118 valence electrons. The van der Waals surface area contributed by atoms with Gasteiger partial charge in [0.25, 0.3) is 0 Å². The predicted molar refractivity (Wildman–Crippen MR) is 86.0 cm³/mol. The van der Waals surface area contributed by atoms with Crippen LogP contribution in [0.3, 0.4) is 0 Å². The minimum atomic E-state index is -3.39. The highest BCUT2D eigenvalue weighted by molar-refractivity contribution is 7.89. The van der Waals surface area contributed by atoms with Gasteiger partial charge in [-0.2, -0.15) is 0 Å². The Labute approximate surface area is 128 Å². The van der Waals surface area contributed by atoms with Crippen LogP contribution in [0.4, 0.5) is 0 Å². The number of nitrogens with zero attached hydrogens (tertiary/aromatic N) is 1. The van der Waals surface area contributed by atoms with Gasteiger partial charge in [0, 0.05) is 13.1 Å². The molecule has 1 fully saturated rings. The first-order chi connectivity index (χ1) is 9.99. The summed E-state index contributed by atoms with van der Waals surface area (Å²) in [6, 6.07) is 5.44. The lowest BCUT2D eigenvalue weighted by Gasteiger charge is -2.20. The molecule has 1 saturated heterocycles. The first kappa shape index (κ1) is 16.5. The van der Waals surface area contributed by atoms with Crippen molar-refractivity contribution in [3.63, 3.8) is 0 Å². The number of hydrogen-bond donors (Lipinski definition) is 1. The Morgan fingerprint density at radius 3 is 2.38 bits per heavy atom. The second kappa shape index (κ2) is 7.38. The Hall–Kier alpha value is -0.910. The lowest BCUT2D eigenvalue weighted by Crippen LogP contribution is -2.35. The highest BCUT2D eigenvalue weighted by Crippen LogP contribution is 2.16. The van der Waals surface area contributed by atoms with Crippen molar-refractivity contribution in [2.45, 2.75) is 44.4 Å². The van der Waals surface area contributed by atoms with Gasteiger partial charge in [-0.15, -0.1) is 0 Å². The third-order valence-corrected chi connectivity index (χ3v) is 5.66. The van der Waals surface area contributed by atoms with Crippen molar-refractivity contribution >= 4 is 10.0 Å². The minimum Gasteiger partial charge on any atom is -0.302 e. The van der Waals surface area contributed by atoms with Crippen molar-refractivity contribution in [2.75, 3.05) is 26.2 Å². The first-order valence-corrected chi connectivity index (χ1v) is 9.27. The zero-order valence-corrected chi connectivity index (χ0v) is 13.9. The van der Waals surface area contributed by atoms with Crippen molar-refractivity contribution < 1.29 is 8.42 Å². The van der Waals surface area contributed by atoms with E-state index in [9.17, 15) is 8.42 Å². The summed E-state index contributed by atoms with van der Waals surface area (Å²) < 4.78 is 27.4. The van der Waals surface area contributed by atoms with Crippen molar-refractivity contribution in [1.82, 2.24) is 9.62 Å². The fourth-order valence-electron chi connectivity index (χ4n) is 2.88. The molecule has 1 N–H and O–H groups in total. The molecular formula is C16H26N2O2S. The second-order valence-corrected chi connectivity index (χ2v) is 7.66. The van der Waals surface area contributed by atoms with Gasteiger partial charge in [0.05, 0.1) is 4.90 Å². The molecule has 1 aliphatic heterocycles. The molecule has 0 spiro atoms. The zero-order valence-electron chi connectivity index (χ0n) is 13.1. The van der Waals surface area contributed by atoms with E-state index in [1.165, 1.54) is 25.7 Å². The summed E-state index contributed by atoms with van der Waals surface area (Å²) in [5, 5.41) is 0. The standard InChI is InChI=1S/C16H26N2O2S/c1-14-7-8-16(15(2)13-14)21(19,20)17-9-12-18-10-5-3-4-6-11-18/h7-8,13,17H,3-6,9-12H2,1-2H3. The normalized spacial score (nSPS) is 17.6. The third kappa shape index (κ3) is 4.80. The van der Waals surface area contributed by atoms with E-state index in [1.807, 2.05) is 26.0 Å². The van der Waals surface area contributed by atoms with Gasteiger partial charge in [0.1, 0.15) is 0 Å². The van der Waals surface area contributed by atoms with E-state index >= 15 is 0 Å². The lowest BCUT2D eigenvalue weighted by molar-refractivity contribution is 0.290. The maximum Gasteiger partial charge on any atom is 0.240 e. The topological polar surface area (TPSA) is 49.4 Å². The molecule has 1 aromatic rings. The Balaban J connectivity index is 1.91. The molecule has 21 heavy (non-hydrogen) atoms. The highest BCUT2D eigenvalue weighted by atomic mass is 32.2. The summed E-state index contributed by atoms with van der Waals surface area (Å²) in [5.74, 6) is 0.